The Bertz CT molecular complexity index is 659. The van der Waals surface area contributed by atoms with Crippen LogP contribution in [-0.4, -0.2) is 70.3 Å². The van der Waals surface area contributed by atoms with Crippen molar-refractivity contribution in [1.82, 2.24) is 15.5 Å². The van der Waals surface area contributed by atoms with Gasteiger partial charge in [0.2, 0.25) is 0 Å². The van der Waals surface area contributed by atoms with Crippen LogP contribution in [0, 0.1) is 5.92 Å². The molecule has 158 valence electrons. The first-order valence-electron chi connectivity index (χ1n) is 9.91. The molecule has 28 heavy (non-hydrogen) atoms. The topological polar surface area (TPSA) is 52.1 Å². The minimum absolute atomic E-state index is 0. The van der Waals surface area contributed by atoms with E-state index in [2.05, 4.69) is 32.3 Å². The van der Waals surface area contributed by atoms with Crippen LogP contribution in [0.3, 0.4) is 0 Å². The van der Waals surface area contributed by atoms with Crippen LogP contribution in [0.1, 0.15) is 19.8 Å². The molecule has 1 aromatic rings. The smallest absolute Gasteiger partial charge is 0.191 e. The SMILES string of the molecule is CCN1CCC(CNC(=NC)NC2CCN(c3cc(Cl)ccc3OC)C2)C1.I. The number of nitrogens with zero attached hydrogens (tertiary/aromatic N) is 3. The summed E-state index contributed by atoms with van der Waals surface area (Å²) < 4.78 is 5.50. The molecule has 0 amide bonds. The quantitative estimate of drug-likeness (QED) is 0.342. The molecule has 0 bridgehead atoms. The molecule has 2 saturated heterocycles. The third kappa shape index (κ3) is 6.03. The number of hydrogen-bond donors (Lipinski definition) is 2. The van der Waals surface area contributed by atoms with Gasteiger partial charge in [-0.25, -0.2) is 0 Å². The van der Waals surface area contributed by atoms with E-state index in [-0.39, 0.29) is 24.0 Å². The van der Waals surface area contributed by atoms with Gasteiger partial charge in [-0.3, -0.25) is 4.99 Å². The predicted molar refractivity (Wildman–Crippen MR) is 129 cm³/mol. The number of hydrogen-bond acceptors (Lipinski definition) is 4. The van der Waals surface area contributed by atoms with Crippen molar-refractivity contribution in [3.63, 3.8) is 0 Å². The van der Waals surface area contributed by atoms with E-state index in [0.717, 1.165) is 55.0 Å². The number of ether oxygens (including phenoxy) is 1. The fourth-order valence-electron chi connectivity index (χ4n) is 4.00. The minimum atomic E-state index is 0. The van der Waals surface area contributed by atoms with Crippen LogP contribution in [0.25, 0.3) is 0 Å². The maximum atomic E-state index is 6.19. The highest BCUT2D eigenvalue weighted by molar-refractivity contribution is 14.0. The van der Waals surface area contributed by atoms with Gasteiger partial charge >= 0.3 is 0 Å². The monoisotopic (exact) mass is 521 g/mol. The van der Waals surface area contributed by atoms with Gasteiger partial charge in [-0.05, 0) is 50.0 Å². The highest BCUT2D eigenvalue weighted by Gasteiger charge is 2.26. The van der Waals surface area contributed by atoms with Gasteiger partial charge in [-0.15, -0.1) is 24.0 Å². The van der Waals surface area contributed by atoms with E-state index in [9.17, 15) is 0 Å². The molecular formula is C20H33ClIN5O. The lowest BCUT2D eigenvalue weighted by molar-refractivity contribution is 0.341. The van der Waals surface area contributed by atoms with Gasteiger partial charge in [0.1, 0.15) is 5.75 Å². The Morgan fingerprint density at radius 2 is 2.11 bits per heavy atom. The molecule has 0 aliphatic carbocycles. The molecule has 2 unspecified atom stereocenters. The van der Waals surface area contributed by atoms with E-state index in [1.165, 1.54) is 19.5 Å². The highest BCUT2D eigenvalue weighted by Crippen LogP contribution is 2.33. The second-order valence-electron chi connectivity index (χ2n) is 7.39. The Morgan fingerprint density at radius 1 is 1.29 bits per heavy atom. The lowest BCUT2D eigenvalue weighted by Gasteiger charge is -2.23. The first-order chi connectivity index (χ1) is 13.1. The number of aliphatic imine (C=N–C) groups is 1. The van der Waals surface area contributed by atoms with Gasteiger partial charge in [0, 0.05) is 44.3 Å². The van der Waals surface area contributed by atoms with Gasteiger partial charge in [0.25, 0.3) is 0 Å². The number of halogens is 2. The zero-order valence-electron chi connectivity index (χ0n) is 17.1. The molecule has 8 heteroatoms. The van der Waals surface area contributed by atoms with Crippen LogP contribution in [-0.2, 0) is 0 Å². The summed E-state index contributed by atoms with van der Waals surface area (Å²) in [7, 11) is 3.54. The van der Waals surface area contributed by atoms with E-state index in [0.29, 0.717) is 12.0 Å². The van der Waals surface area contributed by atoms with Crippen molar-refractivity contribution < 1.29 is 4.74 Å². The summed E-state index contributed by atoms with van der Waals surface area (Å²) in [5, 5.41) is 7.83. The molecular weight excluding hydrogens is 489 g/mol. The molecule has 0 radical (unpaired) electrons. The summed E-state index contributed by atoms with van der Waals surface area (Å²) >= 11 is 6.19. The summed E-state index contributed by atoms with van der Waals surface area (Å²) in [6.45, 7) is 8.64. The van der Waals surface area contributed by atoms with Crippen LogP contribution >= 0.6 is 35.6 Å². The van der Waals surface area contributed by atoms with E-state index < -0.39 is 0 Å². The molecule has 2 atom stereocenters. The van der Waals surface area contributed by atoms with Crippen LogP contribution in [0.4, 0.5) is 5.69 Å². The van der Waals surface area contributed by atoms with E-state index in [1.54, 1.807) is 7.11 Å². The van der Waals surface area contributed by atoms with Crippen molar-refractivity contribution in [2.75, 3.05) is 58.3 Å². The maximum Gasteiger partial charge on any atom is 0.191 e. The largest absolute Gasteiger partial charge is 0.495 e. The minimum Gasteiger partial charge on any atom is -0.495 e. The summed E-state index contributed by atoms with van der Waals surface area (Å²) in [5.41, 5.74) is 1.06. The fourth-order valence-corrected chi connectivity index (χ4v) is 4.17. The Hall–Kier alpha value is -0.930. The first kappa shape index (κ1) is 23.3. The first-order valence-corrected chi connectivity index (χ1v) is 10.3. The zero-order chi connectivity index (χ0) is 19.2. The molecule has 2 aliphatic rings. The van der Waals surface area contributed by atoms with Gasteiger partial charge in [-0.2, -0.15) is 0 Å². The molecule has 2 heterocycles. The number of guanidine groups is 1. The second kappa shape index (κ2) is 11.3. The van der Waals surface area contributed by atoms with Crippen molar-refractivity contribution in [3.8, 4) is 5.75 Å². The summed E-state index contributed by atoms with van der Waals surface area (Å²) in [4.78, 5) is 9.25. The van der Waals surface area contributed by atoms with Crippen molar-refractivity contribution in [3.05, 3.63) is 23.2 Å². The molecule has 1 aromatic carbocycles. The number of anilines is 1. The molecule has 0 spiro atoms. The normalized spacial score (nSPS) is 22.9. The van der Waals surface area contributed by atoms with Crippen molar-refractivity contribution >= 4 is 47.2 Å². The highest BCUT2D eigenvalue weighted by atomic mass is 127. The molecule has 2 N–H and O–H groups in total. The zero-order valence-corrected chi connectivity index (χ0v) is 20.2. The van der Waals surface area contributed by atoms with E-state index in [1.807, 2.05) is 25.2 Å². The van der Waals surface area contributed by atoms with Crippen LogP contribution in [0.2, 0.25) is 5.02 Å². The fraction of sp³-hybridized carbons (Fsp3) is 0.650. The average molecular weight is 522 g/mol. The summed E-state index contributed by atoms with van der Waals surface area (Å²) in [6.07, 6.45) is 2.33. The maximum absolute atomic E-state index is 6.19. The molecule has 2 fully saturated rings. The lowest BCUT2D eigenvalue weighted by Crippen LogP contribution is -2.46. The summed E-state index contributed by atoms with van der Waals surface area (Å²) in [6, 6.07) is 6.13. The van der Waals surface area contributed by atoms with Gasteiger partial charge in [0.05, 0.1) is 12.8 Å². The molecule has 0 saturated carbocycles. The standard InChI is InChI=1S/C20H32ClN5O.HI/c1-4-25-9-7-15(13-25)12-23-20(22-2)24-17-8-10-26(14-17)18-11-16(21)5-6-19(18)27-3;/h5-6,11,15,17H,4,7-10,12-14H2,1-3H3,(H2,22,23,24);1H. The van der Waals surface area contributed by atoms with E-state index >= 15 is 0 Å². The van der Waals surface area contributed by atoms with Crippen LogP contribution < -0.4 is 20.3 Å². The number of likely N-dealkylation sites (tertiary alicyclic amines) is 1. The number of rotatable bonds is 6. The third-order valence-electron chi connectivity index (χ3n) is 5.61. The van der Waals surface area contributed by atoms with Gasteiger partial charge < -0.3 is 25.2 Å². The average Bonchev–Trinajstić information content (AvgIpc) is 3.34. The Morgan fingerprint density at radius 3 is 2.79 bits per heavy atom. The number of nitrogens with one attached hydrogen (secondary N) is 2. The Labute approximate surface area is 191 Å². The van der Waals surface area contributed by atoms with E-state index in [4.69, 9.17) is 16.3 Å². The van der Waals surface area contributed by atoms with Crippen LogP contribution in [0.5, 0.6) is 5.75 Å². The predicted octanol–water partition coefficient (Wildman–Crippen LogP) is 3.05. The molecule has 2 aliphatic heterocycles. The summed E-state index contributed by atoms with van der Waals surface area (Å²) in [5.74, 6) is 2.47. The number of benzene rings is 1. The van der Waals surface area contributed by atoms with Gasteiger partial charge in [-0.1, -0.05) is 18.5 Å². The van der Waals surface area contributed by atoms with Crippen LogP contribution in [0.15, 0.2) is 23.2 Å². The lowest BCUT2D eigenvalue weighted by atomic mass is 10.1. The van der Waals surface area contributed by atoms with Gasteiger partial charge in [0.15, 0.2) is 5.96 Å². The number of methoxy groups -OCH3 is 1. The molecule has 3 rings (SSSR count). The third-order valence-corrected chi connectivity index (χ3v) is 5.84. The molecule has 6 nitrogen and oxygen atoms in total. The molecule has 0 aromatic heterocycles. The Balaban J connectivity index is 0.00000280. The van der Waals surface area contributed by atoms with Crippen molar-refractivity contribution in [2.24, 2.45) is 10.9 Å². The second-order valence-corrected chi connectivity index (χ2v) is 7.83. The Kier molecular flexibility index (Phi) is 9.43. The van der Waals surface area contributed by atoms with Crippen molar-refractivity contribution in [2.45, 2.75) is 25.8 Å². The van der Waals surface area contributed by atoms with Crippen molar-refractivity contribution in [1.29, 1.82) is 0 Å².